The minimum absolute atomic E-state index is 0.0412. The SMILES string of the molecule is CC(=O)OC[C@H]1O[C@H](OC(C)=O)[C@H](OC(C)=O)[C@@H](C)[C@@H]1C. The summed E-state index contributed by atoms with van der Waals surface area (Å²) in [5, 5.41) is 0. The number of hydrogen-bond donors (Lipinski definition) is 0. The summed E-state index contributed by atoms with van der Waals surface area (Å²) >= 11 is 0. The van der Waals surface area contributed by atoms with Crippen LogP contribution >= 0.6 is 0 Å². The van der Waals surface area contributed by atoms with E-state index < -0.39 is 36.4 Å². The standard InChI is InChI=1S/C14H22O7/c1-7-8(2)13(19-10(4)16)14(20-11(5)17)21-12(7)6-18-9(3)15/h7-8,12-14H,6H2,1-5H3/t7-,8-,12+,13+,14-/m0/s1. The predicted molar refractivity (Wildman–Crippen MR) is 70.9 cm³/mol. The molecule has 0 radical (unpaired) electrons. The Morgan fingerprint density at radius 2 is 1.48 bits per heavy atom. The van der Waals surface area contributed by atoms with Gasteiger partial charge < -0.3 is 18.9 Å². The molecule has 0 spiro atoms. The first-order chi connectivity index (χ1) is 9.72. The Balaban J connectivity index is 2.84. The van der Waals surface area contributed by atoms with Gasteiger partial charge in [-0.25, -0.2) is 0 Å². The summed E-state index contributed by atoms with van der Waals surface area (Å²) in [5.41, 5.74) is 0. The summed E-state index contributed by atoms with van der Waals surface area (Å²) in [5.74, 6) is -1.58. The molecule has 7 nitrogen and oxygen atoms in total. The van der Waals surface area contributed by atoms with Crippen molar-refractivity contribution in [3.8, 4) is 0 Å². The van der Waals surface area contributed by atoms with Crippen molar-refractivity contribution < 1.29 is 33.3 Å². The van der Waals surface area contributed by atoms with E-state index in [1.807, 2.05) is 13.8 Å². The summed E-state index contributed by atoms with van der Waals surface area (Å²) < 4.78 is 20.9. The van der Waals surface area contributed by atoms with Crippen LogP contribution in [0.4, 0.5) is 0 Å². The quantitative estimate of drug-likeness (QED) is 0.566. The van der Waals surface area contributed by atoms with Crippen LogP contribution in [0, 0.1) is 11.8 Å². The zero-order valence-corrected chi connectivity index (χ0v) is 13.0. The molecule has 0 aromatic rings. The molecule has 1 aliphatic rings. The fourth-order valence-corrected chi connectivity index (χ4v) is 2.26. The van der Waals surface area contributed by atoms with Crippen LogP contribution in [0.5, 0.6) is 0 Å². The molecule has 0 amide bonds. The Morgan fingerprint density at radius 3 is 1.95 bits per heavy atom. The molecule has 1 aliphatic heterocycles. The van der Waals surface area contributed by atoms with E-state index in [4.69, 9.17) is 18.9 Å². The second-order valence-corrected chi connectivity index (χ2v) is 5.25. The van der Waals surface area contributed by atoms with E-state index >= 15 is 0 Å². The Hall–Kier alpha value is -1.63. The molecule has 21 heavy (non-hydrogen) atoms. The molecule has 1 fully saturated rings. The van der Waals surface area contributed by atoms with Crippen LogP contribution in [0.25, 0.3) is 0 Å². The maximum Gasteiger partial charge on any atom is 0.305 e. The van der Waals surface area contributed by atoms with Gasteiger partial charge in [0.25, 0.3) is 0 Å². The minimum Gasteiger partial charge on any atom is -0.463 e. The smallest absolute Gasteiger partial charge is 0.305 e. The lowest BCUT2D eigenvalue weighted by atomic mass is 9.83. The third-order valence-electron chi connectivity index (χ3n) is 3.55. The van der Waals surface area contributed by atoms with E-state index in [-0.39, 0.29) is 18.4 Å². The van der Waals surface area contributed by atoms with E-state index in [1.54, 1.807) is 0 Å². The van der Waals surface area contributed by atoms with Crippen LogP contribution in [-0.4, -0.2) is 43.0 Å². The van der Waals surface area contributed by atoms with Crippen LogP contribution < -0.4 is 0 Å². The molecule has 0 unspecified atom stereocenters. The van der Waals surface area contributed by atoms with Crippen molar-refractivity contribution >= 4 is 17.9 Å². The summed E-state index contributed by atoms with van der Waals surface area (Å²) in [7, 11) is 0. The molecule has 1 rings (SSSR count). The van der Waals surface area contributed by atoms with Crippen LogP contribution in [0.3, 0.4) is 0 Å². The third kappa shape index (κ3) is 5.00. The van der Waals surface area contributed by atoms with Gasteiger partial charge in [0.2, 0.25) is 6.29 Å². The molecular weight excluding hydrogens is 280 g/mol. The molecule has 0 bridgehead atoms. The van der Waals surface area contributed by atoms with Crippen molar-refractivity contribution in [1.82, 2.24) is 0 Å². The van der Waals surface area contributed by atoms with Crippen molar-refractivity contribution in [1.29, 1.82) is 0 Å². The number of carbonyl (C=O) groups excluding carboxylic acids is 3. The first-order valence-corrected chi connectivity index (χ1v) is 6.85. The third-order valence-corrected chi connectivity index (χ3v) is 3.55. The molecule has 0 aromatic heterocycles. The first kappa shape index (κ1) is 17.4. The van der Waals surface area contributed by atoms with Gasteiger partial charge in [0.1, 0.15) is 6.61 Å². The van der Waals surface area contributed by atoms with Crippen molar-refractivity contribution in [2.24, 2.45) is 11.8 Å². The van der Waals surface area contributed by atoms with Gasteiger partial charge in [-0.05, 0) is 5.92 Å². The van der Waals surface area contributed by atoms with Crippen LogP contribution in [0.1, 0.15) is 34.6 Å². The molecule has 7 heteroatoms. The highest BCUT2D eigenvalue weighted by atomic mass is 16.7. The lowest BCUT2D eigenvalue weighted by Gasteiger charge is -2.42. The van der Waals surface area contributed by atoms with Gasteiger partial charge >= 0.3 is 17.9 Å². The Morgan fingerprint density at radius 1 is 0.905 bits per heavy atom. The van der Waals surface area contributed by atoms with E-state index in [0.29, 0.717) is 0 Å². The first-order valence-electron chi connectivity index (χ1n) is 6.85. The maximum absolute atomic E-state index is 11.2. The van der Waals surface area contributed by atoms with Gasteiger partial charge in [0.05, 0.1) is 6.10 Å². The van der Waals surface area contributed by atoms with Crippen LogP contribution in [0.15, 0.2) is 0 Å². The molecule has 1 heterocycles. The number of carbonyl (C=O) groups is 3. The van der Waals surface area contributed by atoms with Crippen LogP contribution in [0.2, 0.25) is 0 Å². The van der Waals surface area contributed by atoms with Crippen molar-refractivity contribution in [2.45, 2.75) is 53.1 Å². The zero-order valence-electron chi connectivity index (χ0n) is 13.0. The van der Waals surface area contributed by atoms with E-state index in [0.717, 1.165) is 0 Å². The van der Waals surface area contributed by atoms with E-state index in [2.05, 4.69) is 0 Å². The number of esters is 3. The maximum atomic E-state index is 11.2. The van der Waals surface area contributed by atoms with Gasteiger partial charge in [0, 0.05) is 26.7 Å². The molecule has 0 saturated carbocycles. The summed E-state index contributed by atoms with van der Waals surface area (Å²) in [6.07, 6.45) is -2.12. The van der Waals surface area contributed by atoms with Crippen LogP contribution in [-0.2, 0) is 33.3 Å². The lowest BCUT2D eigenvalue weighted by molar-refractivity contribution is -0.271. The second kappa shape index (κ2) is 7.40. The fourth-order valence-electron chi connectivity index (χ4n) is 2.26. The van der Waals surface area contributed by atoms with Gasteiger partial charge in [-0.15, -0.1) is 0 Å². The van der Waals surface area contributed by atoms with E-state index in [1.165, 1.54) is 20.8 Å². The normalized spacial score (nSPS) is 32.1. The molecule has 1 saturated heterocycles. The van der Waals surface area contributed by atoms with Gasteiger partial charge in [-0.1, -0.05) is 13.8 Å². The fraction of sp³-hybridized carbons (Fsp3) is 0.786. The highest BCUT2D eigenvalue weighted by Crippen LogP contribution is 2.33. The molecule has 0 aliphatic carbocycles. The molecule has 0 N–H and O–H groups in total. The number of hydrogen-bond acceptors (Lipinski definition) is 7. The Kier molecular flexibility index (Phi) is 6.14. The van der Waals surface area contributed by atoms with Gasteiger partial charge in [-0.2, -0.15) is 0 Å². The number of ether oxygens (including phenoxy) is 4. The van der Waals surface area contributed by atoms with Crippen molar-refractivity contribution in [2.75, 3.05) is 6.61 Å². The monoisotopic (exact) mass is 302 g/mol. The van der Waals surface area contributed by atoms with E-state index in [9.17, 15) is 14.4 Å². The largest absolute Gasteiger partial charge is 0.463 e. The highest BCUT2D eigenvalue weighted by Gasteiger charge is 2.45. The van der Waals surface area contributed by atoms with Gasteiger partial charge in [0.15, 0.2) is 6.10 Å². The molecule has 120 valence electrons. The summed E-state index contributed by atoms with van der Waals surface area (Å²) in [6.45, 7) is 7.68. The topological polar surface area (TPSA) is 88.1 Å². The highest BCUT2D eigenvalue weighted by molar-refractivity contribution is 5.67. The summed E-state index contributed by atoms with van der Waals surface area (Å²) in [4.78, 5) is 33.3. The summed E-state index contributed by atoms with van der Waals surface area (Å²) in [6, 6.07) is 0. The molecule has 5 atom stereocenters. The van der Waals surface area contributed by atoms with Crippen molar-refractivity contribution in [3.05, 3.63) is 0 Å². The molecular formula is C14H22O7. The predicted octanol–water partition coefficient (Wildman–Crippen LogP) is 1.04. The average Bonchev–Trinajstić information content (AvgIpc) is 2.35. The minimum atomic E-state index is -1.00. The van der Waals surface area contributed by atoms with Crippen molar-refractivity contribution in [3.63, 3.8) is 0 Å². The lowest BCUT2D eigenvalue weighted by Crippen LogP contribution is -2.53. The second-order valence-electron chi connectivity index (χ2n) is 5.25. The zero-order chi connectivity index (χ0) is 16.2. The average molecular weight is 302 g/mol. The molecule has 0 aromatic carbocycles. The Labute approximate surface area is 123 Å². The number of rotatable bonds is 4. The van der Waals surface area contributed by atoms with Gasteiger partial charge in [-0.3, -0.25) is 14.4 Å². The Bertz CT molecular complexity index is 404.